The molecule has 0 radical (unpaired) electrons. The SMILES string of the molecule is COC(=O)NCc1ccccc1[N+](=O)[O-]. The summed E-state index contributed by atoms with van der Waals surface area (Å²) in [5.41, 5.74) is 0.418. The van der Waals surface area contributed by atoms with Crippen LogP contribution in [0.15, 0.2) is 24.3 Å². The molecule has 1 aromatic rings. The molecular weight excluding hydrogens is 200 g/mol. The molecule has 0 saturated carbocycles. The number of nitro groups is 1. The number of amides is 1. The van der Waals surface area contributed by atoms with Gasteiger partial charge >= 0.3 is 6.09 Å². The van der Waals surface area contributed by atoms with Gasteiger partial charge in [-0.2, -0.15) is 0 Å². The molecule has 0 atom stereocenters. The Kier molecular flexibility index (Phi) is 3.61. The molecule has 0 unspecified atom stereocenters. The van der Waals surface area contributed by atoms with Gasteiger partial charge in [-0.1, -0.05) is 18.2 Å². The zero-order chi connectivity index (χ0) is 11.3. The van der Waals surface area contributed by atoms with Crippen LogP contribution >= 0.6 is 0 Å². The summed E-state index contributed by atoms with van der Waals surface area (Å²) in [7, 11) is 1.23. The van der Waals surface area contributed by atoms with E-state index >= 15 is 0 Å². The fourth-order valence-electron chi connectivity index (χ4n) is 1.08. The van der Waals surface area contributed by atoms with Gasteiger partial charge in [-0.15, -0.1) is 0 Å². The molecular formula is C9H10N2O4. The molecule has 0 saturated heterocycles. The van der Waals surface area contributed by atoms with Crippen LogP contribution in [0.2, 0.25) is 0 Å². The summed E-state index contributed by atoms with van der Waals surface area (Å²) >= 11 is 0. The predicted molar refractivity (Wildman–Crippen MR) is 52.3 cm³/mol. The molecule has 80 valence electrons. The summed E-state index contributed by atoms with van der Waals surface area (Å²) < 4.78 is 4.35. The minimum atomic E-state index is -0.617. The number of nitrogens with one attached hydrogen (secondary N) is 1. The maximum Gasteiger partial charge on any atom is 0.407 e. The molecule has 1 aromatic carbocycles. The summed E-state index contributed by atoms with van der Waals surface area (Å²) in [6, 6.07) is 6.20. The van der Waals surface area contributed by atoms with Crippen LogP contribution in [0, 0.1) is 10.1 Å². The van der Waals surface area contributed by atoms with Crippen LogP contribution in [0.5, 0.6) is 0 Å². The zero-order valence-corrected chi connectivity index (χ0v) is 8.10. The van der Waals surface area contributed by atoms with Gasteiger partial charge in [0.05, 0.1) is 18.6 Å². The number of carbonyl (C=O) groups excluding carboxylic acids is 1. The average molecular weight is 210 g/mol. The highest BCUT2D eigenvalue weighted by Gasteiger charge is 2.12. The first-order valence-corrected chi connectivity index (χ1v) is 4.19. The van der Waals surface area contributed by atoms with Crippen molar-refractivity contribution in [2.24, 2.45) is 0 Å². The number of ether oxygens (including phenoxy) is 1. The monoisotopic (exact) mass is 210 g/mol. The second-order valence-electron chi connectivity index (χ2n) is 2.73. The number of carbonyl (C=O) groups is 1. The van der Waals surface area contributed by atoms with Crippen LogP contribution < -0.4 is 5.32 Å². The summed E-state index contributed by atoms with van der Waals surface area (Å²) in [4.78, 5) is 20.9. The van der Waals surface area contributed by atoms with E-state index in [1.54, 1.807) is 18.2 Å². The topological polar surface area (TPSA) is 81.5 Å². The molecule has 6 nitrogen and oxygen atoms in total. The zero-order valence-electron chi connectivity index (χ0n) is 8.10. The van der Waals surface area contributed by atoms with Crippen molar-refractivity contribution in [2.75, 3.05) is 7.11 Å². The predicted octanol–water partition coefficient (Wildman–Crippen LogP) is 1.45. The van der Waals surface area contributed by atoms with Crippen molar-refractivity contribution >= 4 is 11.8 Å². The third-order valence-electron chi connectivity index (χ3n) is 1.80. The summed E-state index contributed by atoms with van der Waals surface area (Å²) in [6.07, 6.45) is -0.617. The van der Waals surface area contributed by atoms with Gasteiger partial charge in [0, 0.05) is 11.6 Å². The van der Waals surface area contributed by atoms with Crippen LogP contribution in [0.25, 0.3) is 0 Å². The van der Waals surface area contributed by atoms with Crippen molar-refractivity contribution in [1.82, 2.24) is 5.32 Å². The van der Waals surface area contributed by atoms with Crippen molar-refractivity contribution in [1.29, 1.82) is 0 Å². The summed E-state index contributed by atoms with van der Waals surface area (Å²) in [5, 5.41) is 13.0. The lowest BCUT2D eigenvalue weighted by molar-refractivity contribution is -0.385. The fourth-order valence-corrected chi connectivity index (χ4v) is 1.08. The van der Waals surface area contributed by atoms with E-state index in [2.05, 4.69) is 10.1 Å². The maximum atomic E-state index is 10.8. The number of alkyl carbamates (subject to hydrolysis) is 1. The van der Waals surface area contributed by atoms with Gasteiger partial charge in [-0.3, -0.25) is 10.1 Å². The van der Waals surface area contributed by atoms with E-state index in [4.69, 9.17) is 0 Å². The van der Waals surface area contributed by atoms with Crippen molar-refractivity contribution in [3.05, 3.63) is 39.9 Å². The third-order valence-corrected chi connectivity index (χ3v) is 1.80. The maximum absolute atomic E-state index is 10.8. The summed E-state index contributed by atoms with van der Waals surface area (Å²) in [5.74, 6) is 0. The van der Waals surface area contributed by atoms with Gasteiger partial charge in [0.15, 0.2) is 0 Å². The highest BCUT2D eigenvalue weighted by atomic mass is 16.6. The smallest absolute Gasteiger partial charge is 0.407 e. The number of para-hydroxylation sites is 1. The lowest BCUT2D eigenvalue weighted by Gasteiger charge is -2.03. The van der Waals surface area contributed by atoms with Gasteiger partial charge in [-0.05, 0) is 0 Å². The van der Waals surface area contributed by atoms with Crippen LogP contribution in [-0.4, -0.2) is 18.1 Å². The molecule has 0 spiro atoms. The molecule has 0 aliphatic carbocycles. The lowest BCUT2D eigenvalue weighted by atomic mass is 10.2. The van der Waals surface area contributed by atoms with Crippen molar-refractivity contribution in [3.8, 4) is 0 Å². The van der Waals surface area contributed by atoms with Gasteiger partial charge in [0.2, 0.25) is 0 Å². The number of rotatable bonds is 3. The standard InChI is InChI=1S/C9H10N2O4/c1-15-9(12)10-6-7-4-2-3-5-8(7)11(13)14/h2-5H,6H2,1H3,(H,10,12). The largest absolute Gasteiger partial charge is 0.453 e. The van der Waals surface area contributed by atoms with E-state index < -0.39 is 11.0 Å². The minimum absolute atomic E-state index is 0.0195. The van der Waals surface area contributed by atoms with E-state index in [0.717, 1.165) is 0 Å². The molecule has 15 heavy (non-hydrogen) atoms. The molecule has 0 aliphatic rings. The fraction of sp³-hybridized carbons (Fsp3) is 0.222. The molecule has 0 bridgehead atoms. The van der Waals surface area contributed by atoms with Crippen LogP contribution in [0.3, 0.4) is 0 Å². The number of benzene rings is 1. The number of methoxy groups -OCH3 is 1. The molecule has 1 amide bonds. The van der Waals surface area contributed by atoms with Gasteiger partial charge < -0.3 is 10.1 Å². The second-order valence-corrected chi connectivity index (χ2v) is 2.73. The first kappa shape index (κ1) is 11.0. The number of nitro benzene ring substituents is 1. The second kappa shape index (κ2) is 4.94. The molecule has 1 rings (SSSR count). The Labute approximate surface area is 86.0 Å². The quantitative estimate of drug-likeness (QED) is 0.604. The van der Waals surface area contributed by atoms with Gasteiger partial charge in [-0.25, -0.2) is 4.79 Å². The van der Waals surface area contributed by atoms with Gasteiger partial charge in [0.25, 0.3) is 5.69 Å². The number of nitrogens with zero attached hydrogens (tertiary/aromatic N) is 1. The van der Waals surface area contributed by atoms with Crippen LogP contribution in [0.4, 0.5) is 10.5 Å². The van der Waals surface area contributed by atoms with Crippen molar-refractivity contribution in [3.63, 3.8) is 0 Å². The van der Waals surface area contributed by atoms with Crippen molar-refractivity contribution in [2.45, 2.75) is 6.54 Å². The first-order valence-electron chi connectivity index (χ1n) is 4.19. The normalized spacial score (nSPS) is 9.40. The first-order chi connectivity index (χ1) is 7.15. The summed E-state index contributed by atoms with van der Waals surface area (Å²) in [6.45, 7) is 0.0732. The minimum Gasteiger partial charge on any atom is -0.453 e. The van der Waals surface area contributed by atoms with Crippen molar-refractivity contribution < 1.29 is 14.5 Å². The lowest BCUT2D eigenvalue weighted by Crippen LogP contribution is -2.22. The van der Waals surface area contributed by atoms with E-state index in [9.17, 15) is 14.9 Å². The van der Waals surface area contributed by atoms with E-state index in [0.29, 0.717) is 5.56 Å². The molecule has 1 N–H and O–H groups in total. The van der Waals surface area contributed by atoms with Gasteiger partial charge in [0.1, 0.15) is 0 Å². The molecule has 0 heterocycles. The third kappa shape index (κ3) is 2.94. The Bertz CT molecular complexity index is 378. The number of hydrogen-bond acceptors (Lipinski definition) is 4. The molecule has 6 heteroatoms. The highest BCUT2D eigenvalue weighted by molar-refractivity contribution is 5.67. The molecule has 0 aromatic heterocycles. The highest BCUT2D eigenvalue weighted by Crippen LogP contribution is 2.16. The van der Waals surface area contributed by atoms with E-state index in [1.165, 1.54) is 13.2 Å². The van der Waals surface area contributed by atoms with Crippen LogP contribution in [0.1, 0.15) is 5.56 Å². The Hall–Kier alpha value is -2.11. The Morgan fingerprint density at radius 2 is 2.20 bits per heavy atom. The van der Waals surface area contributed by atoms with E-state index in [1.807, 2.05) is 0 Å². The molecule has 0 aliphatic heterocycles. The Morgan fingerprint density at radius 3 is 2.80 bits per heavy atom. The van der Waals surface area contributed by atoms with Crippen LogP contribution in [-0.2, 0) is 11.3 Å². The number of hydrogen-bond donors (Lipinski definition) is 1. The average Bonchev–Trinajstić information content (AvgIpc) is 2.26. The van der Waals surface area contributed by atoms with E-state index in [-0.39, 0.29) is 12.2 Å². The molecule has 0 fully saturated rings. The Balaban J connectivity index is 2.76. The Morgan fingerprint density at radius 1 is 1.53 bits per heavy atom.